The second kappa shape index (κ2) is 13.4. The Morgan fingerprint density at radius 1 is 0.833 bits per heavy atom. The van der Waals surface area contributed by atoms with Crippen LogP contribution in [0.2, 0.25) is 0 Å². The first-order valence-electron chi connectivity index (χ1n) is 21.8. The van der Waals surface area contributed by atoms with Gasteiger partial charge in [-0.05, 0) is 149 Å². The Bertz CT molecular complexity index is 1580. The third kappa shape index (κ3) is 6.44. The van der Waals surface area contributed by atoms with Gasteiger partial charge in [-0.25, -0.2) is 8.42 Å². The highest BCUT2D eigenvalue weighted by Crippen LogP contribution is 2.77. The van der Waals surface area contributed by atoms with Crippen LogP contribution in [0.25, 0.3) is 0 Å². The smallest absolute Gasteiger partial charge is 0.309 e. The molecule has 0 aromatic rings. The quantitative estimate of drug-likeness (QED) is 0.199. The molecule has 0 spiro atoms. The van der Waals surface area contributed by atoms with Gasteiger partial charge in [-0.3, -0.25) is 14.5 Å². The van der Waals surface area contributed by atoms with Crippen LogP contribution in [0, 0.1) is 62.1 Å². The third-order valence-corrected chi connectivity index (χ3v) is 20.4. The third-order valence-electron chi connectivity index (χ3n) is 18.8. The number of carboxylic acids is 1. The minimum Gasteiger partial charge on any atom is -0.481 e. The minimum absolute atomic E-state index is 0.0544. The number of hydrogen-bond donors (Lipinski definition) is 3. The van der Waals surface area contributed by atoms with Crippen LogP contribution in [0.1, 0.15) is 146 Å². The predicted octanol–water partition coefficient (Wildman–Crippen LogP) is 7.10. The van der Waals surface area contributed by atoms with Gasteiger partial charge < -0.3 is 20.3 Å². The lowest BCUT2D eigenvalue weighted by Crippen LogP contribution is -2.69. The van der Waals surface area contributed by atoms with Gasteiger partial charge in [0.25, 0.3) is 0 Å². The van der Waals surface area contributed by atoms with Crippen molar-refractivity contribution in [1.29, 1.82) is 0 Å². The average Bonchev–Trinajstić information content (AvgIpc) is 3.69. The Hall–Kier alpha value is -1.23. The number of sulfone groups is 1. The number of rotatable bonds is 10. The molecule has 9 nitrogen and oxygen atoms in total. The molecule has 7 aliphatic rings. The van der Waals surface area contributed by atoms with Crippen LogP contribution >= 0.6 is 0 Å². The summed E-state index contributed by atoms with van der Waals surface area (Å²) in [6.45, 7) is 21.9. The zero-order valence-corrected chi connectivity index (χ0v) is 36.0. The summed E-state index contributed by atoms with van der Waals surface area (Å²) in [5, 5.41) is 24.9. The van der Waals surface area contributed by atoms with Crippen LogP contribution in [0.5, 0.6) is 0 Å². The summed E-state index contributed by atoms with van der Waals surface area (Å²) >= 11 is 0. The lowest BCUT2D eigenvalue weighted by Gasteiger charge is -2.73. The van der Waals surface area contributed by atoms with E-state index in [1.165, 1.54) is 51.4 Å². The van der Waals surface area contributed by atoms with Crippen LogP contribution < -0.4 is 5.32 Å². The number of carbonyl (C=O) groups is 2. The van der Waals surface area contributed by atoms with Gasteiger partial charge >= 0.3 is 11.9 Å². The predicted molar refractivity (Wildman–Crippen MR) is 211 cm³/mol. The highest BCUT2D eigenvalue weighted by molar-refractivity contribution is 7.91. The van der Waals surface area contributed by atoms with Gasteiger partial charge in [0.1, 0.15) is 6.10 Å². The van der Waals surface area contributed by atoms with Crippen LogP contribution in [0.3, 0.4) is 0 Å². The van der Waals surface area contributed by atoms with Crippen molar-refractivity contribution < 1.29 is 33.0 Å². The molecule has 0 aromatic carbocycles. The maximum atomic E-state index is 13.1. The number of fused-ring (bicyclic) bond motifs is 7. The van der Waals surface area contributed by atoms with Crippen molar-refractivity contribution in [1.82, 2.24) is 10.2 Å². The van der Waals surface area contributed by atoms with E-state index in [2.05, 4.69) is 51.8 Å². The number of ether oxygens (including phenoxy) is 1. The standard InChI is InChI=1S/C44H74N2O7S/c1-28(47)31(46-22-24-54(51,52)25-23-46)27-45-44-17-12-29(40(6)18-19-40)36(44)30-10-11-33-41(7)15-14-34(53-35(48)26-38(2,3)37(49)50)39(4,5)32(41)13-16-43(33,9)42(30,8)20-21-44/h28-34,36,45,47H,10-27H2,1-9H3,(H,49,50)/t28-,29+,30+,31-,32-,33+,34-,36+,41-,42+,43+,44-/m0/s1. The molecule has 7 fully saturated rings. The molecule has 6 aliphatic carbocycles. The monoisotopic (exact) mass is 775 g/mol. The molecular formula is C44H74N2O7S. The van der Waals surface area contributed by atoms with Gasteiger partial charge in [0.2, 0.25) is 0 Å². The minimum atomic E-state index is -2.99. The Labute approximate surface area is 326 Å². The Morgan fingerprint density at radius 3 is 2.11 bits per heavy atom. The first-order valence-corrected chi connectivity index (χ1v) is 23.6. The van der Waals surface area contributed by atoms with Crippen LogP contribution in [0.15, 0.2) is 0 Å². The molecule has 1 aliphatic heterocycles. The fourth-order valence-corrected chi connectivity index (χ4v) is 16.3. The van der Waals surface area contributed by atoms with Crippen molar-refractivity contribution in [3.05, 3.63) is 0 Å². The average molecular weight is 775 g/mol. The van der Waals surface area contributed by atoms with Crippen molar-refractivity contribution in [2.75, 3.05) is 31.1 Å². The van der Waals surface area contributed by atoms with Crippen molar-refractivity contribution in [2.45, 2.75) is 170 Å². The molecule has 0 amide bonds. The molecular weight excluding hydrogens is 701 g/mol. The molecule has 3 N–H and O–H groups in total. The van der Waals surface area contributed by atoms with E-state index in [1.807, 2.05) is 6.92 Å². The van der Waals surface area contributed by atoms with Gasteiger partial charge in [-0.15, -0.1) is 0 Å². The number of aliphatic hydroxyl groups excluding tert-OH is 1. The highest BCUT2D eigenvalue weighted by Gasteiger charge is 2.72. The summed E-state index contributed by atoms with van der Waals surface area (Å²) in [7, 11) is -2.99. The molecule has 308 valence electrons. The van der Waals surface area contributed by atoms with E-state index in [1.54, 1.807) is 13.8 Å². The number of nitrogens with one attached hydrogen (secondary N) is 1. The molecule has 7 rings (SSSR count). The molecule has 54 heavy (non-hydrogen) atoms. The molecule has 1 saturated heterocycles. The molecule has 1 heterocycles. The number of hydrogen-bond acceptors (Lipinski definition) is 8. The topological polar surface area (TPSA) is 133 Å². The van der Waals surface area contributed by atoms with Gasteiger partial charge in [0, 0.05) is 36.6 Å². The van der Waals surface area contributed by atoms with Gasteiger partial charge in [-0.1, -0.05) is 41.5 Å². The zero-order valence-electron chi connectivity index (χ0n) is 35.1. The largest absolute Gasteiger partial charge is 0.481 e. The van der Waals surface area contributed by atoms with Crippen molar-refractivity contribution in [2.24, 2.45) is 62.1 Å². The summed E-state index contributed by atoms with van der Waals surface area (Å²) in [5.41, 5.74) is -0.296. The van der Waals surface area contributed by atoms with E-state index in [-0.39, 0.29) is 57.3 Å². The molecule has 0 radical (unpaired) electrons. The van der Waals surface area contributed by atoms with Crippen molar-refractivity contribution in [3.8, 4) is 0 Å². The summed E-state index contributed by atoms with van der Waals surface area (Å²) in [6, 6.07) is -0.0932. The van der Waals surface area contributed by atoms with Crippen LogP contribution in [-0.2, 0) is 24.2 Å². The maximum Gasteiger partial charge on any atom is 0.309 e. The first-order chi connectivity index (χ1) is 24.9. The molecule has 10 heteroatoms. The molecule has 0 bridgehead atoms. The fourth-order valence-electron chi connectivity index (χ4n) is 15.0. The number of carboxylic acid groups (broad SMARTS) is 1. The van der Waals surface area contributed by atoms with E-state index in [0.717, 1.165) is 25.7 Å². The summed E-state index contributed by atoms with van der Waals surface area (Å²) < 4.78 is 30.8. The number of esters is 1. The van der Waals surface area contributed by atoms with Crippen LogP contribution in [-0.4, -0.2) is 90.4 Å². The Morgan fingerprint density at radius 2 is 1.50 bits per heavy atom. The van der Waals surface area contributed by atoms with E-state index in [0.29, 0.717) is 54.6 Å². The van der Waals surface area contributed by atoms with E-state index in [9.17, 15) is 28.2 Å². The van der Waals surface area contributed by atoms with Crippen molar-refractivity contribution >= 4 is 21.8 Å². The second-order valence-electron chi connectivity index (χ2n) is 22.2. The van der Waals surface area contributed by atoms with Crippen LogP contribution in [0.4, 0.5) is 0 Å². The van der Waals surface area contributed by atoms with Gasteiger partial charge in [-0.2, -0.15) is 0 Å². The summed E-state index contributed by atoms with van der Waals surface area (Å²) in [4.78, 5) is 27.1. The fraction of sp³-hybridized carbons (Fsp3) is 0.955. The lowest BCUT2D eigenvalue weighted by atomic mass is 9.32. The summed E-state index contributed by atoms with van der Waals surface area (Å²) in [6.07, 6.45) is 13.3. The SMILES string of the molecule is C[C@H](O)[C@H](CN[C@]12CC[C@@H](C3(C)CC3)[C@@H]1[C@H]1CC[C@@H]3[C@@]4(C)CC[C@H](OC(=O)CC(C)(C)C(=O)O)C(C)(C)[C@@H]4CC[C@@]3(C)[C@]1(C)CC2)N1CCS(=O)(=O)CC1. The van der Waals surface area contributed by atoms with Gasteiger partial charge in [0.05, 0.1) is 29.4 Å². The lowest BCUT2D eigenvalue weighted by molar-refractivity contribution is -0.248. The normalized spacial score (nSPS) is 44.8. The number of nitrogens with zero attached hydrogens (tertiary/aromatic N) is 1. The maximum absolute atomic E-state index is 13.1. The number of carbonyl (C=O) groups excluding carboxylic acids is 1. The first kappa shape index (κ1) is 40.9. The summed E-state index contributed by atoms with van der Waals surface area (Å²) in [5.74, 6) is 1.97. The number of aliphatic carboxylic acids is 1. The van der Waals surface area contributed by atoms with E-state index >= 15 is 0 Å². The molecule has 0 aromatic heterocycles. The zero-order chi connectivity index (χ0) is 39.5. The second-order valence-corrected chi connectivity index (χ2v) is 24.5. The van der Waals surface area contributed by atoms with E-state index in [4.69, 9.17) is 4.74 Å². The Kier molecular flexibility index (Phi) is 10.2. The van der Waals surface area contributed by atoms with Crippen molar-refractivity contribution in [3.63, 3.8) is 0 Å². The molecule has 6 saturated carbocycles. The molecule has 0 unspecified atom stereocenters. The highest BCUT2D eigenvalue weighted by atomic mass is 32.2. The number of aliphatic hydroxyl groups is 1. The molecule has 12 atom stereocenters. The van der Waals surface area contributed by atoms with Gasteiger partial charge in [0.15, 0.2) is 9.84 Å². The Balaban J connectivity index is 1.13. The van der Waals surface area contributed by atoms with E-state index < -0.39 is 33.3 Å².